The highest BCUT2D eigenvalue weighted by atomic mass is 19.4. The third-order valence-electron chi connectivity index (χ3n) is 4.49. The van der Waals surface area contributed by atoms with Crippen LogP contribution in [0.5, 0.6) is 5.75 Å². The number of ether oxygens (including phenoxy) is 1. The molecule has 0 aromatic heterocycles. The van der Waals surface area contributed by atoms with Crippen LogP contribution in [0.25, 0.3) is 0 Å². The van der Waals surface area contributed by atoms with Crippen LogP contribution in [-0.4, -0.2) is 23.3 Å². The van der Waals surface area contributed by atoms with Crippen LogP contribution in [0.1, 0.15) is 29.9 Å². The van der Waals surface area contributed by atoms with Crippen molar-refractivity contribution in [1.82, 2.24) is 0 Å². The number of carbonyl (C=O) groups is 2. The number of carboxylic acid groups (broad SMARTS) is 1. The summed E-state index contributed by atoms with van der Waals surface area (Å²) in [6.07, 6.45) is -4.03. The molecule has 2 aromatic carbocycles. The number of aryl methyl sites for hydroxylation is 1. The van der Waals surface area contributed by atoms with E-state index in [0.717, 1.165) is 5.56 Å². The van der Waals surface area contributed by atoms with Gasteiger partial charge in [0.25, 0.3) is 0 Å². The number of hydrogen-bond acceptors (Lipinski definition) is 3. The zero-order valence-electron chi connectivity index (χ0n) is 14.7. The molecule has 2 unspecified atom stereocenters. The molecule has 2 N–H and O–H groups in total. The Morgan fingerprint density at radius 1 is 1.14 bits per heavy atom. The summed E-state index contributed by atoms with van der Waals surface area (Å²) < 4.78 is 41.7. The van der Waals surface area contributed by atoms with Gasteiger partial charge in [-0.25, -0.2) is 0 Å². The Bertz CT molecular complexity index is 882. The molecule has 148 valence electrons. The van der Waals surface area contributed by atoms with Crippen LogP contribution in [-0.2, 0) is 16.0 Å². The van der Waals surface area contributed by atoms with Crippen molar-refractivity contribution in [2.75, 3.05) is 5.32 Å². The monoisotopic (exact) mass is 393 g/mol. The zero-order chi connectivity index (χ0) is 20.3. The summed E-state index contributed by atoms with van der Waals surface area (Å²) in [5, 5.41) is 11.5. The molecule has 0 bridgehead atoms. The van der Waals surface area contributed by atoms with Gasteiger partial charge in [-0.2, -0.15) is 0 Å². The van der Waals surface area contributed by atoms with E-state index in [1.807, 2.05) is 0 Å². The van der Waals surface area contributed by atoms with Crippen molar-refractivity contribution < 1.29 is 32.6 Å². The number of carbonyl (C=O) groups excluding carboxylic acids is 1. The van der Waals surface area contributed by atoms with E-state index >= 15 is 0 Å². The second-order valence-corrected chi connectivity index (χ2v) is 6.62. The van der Waals surface area contributed by atoms with Gasteiger partial charge in [-0.05, 0) is 48.1 Å². The van der Waals surface area contributed by atoms with Crippen LogP contribution in [0, 0.1) is 5.92 Å². The molecule has 1 saturated carbocycles. The average molecular weight is 393 g/mol. The maximum absolute atomic E-state index is 12.6. The van der Waals surface area contributed by atoms with Gasteiger partial charge < -0.3 is 15.2 Å². The van der Waals surface area contributed by atoms with E-state index < -0.39 is 18.2 Å². The molecule has 8 heteroatoms. The fourth-order valence-corrected chi connectivity index (χ4v) is 3.12. The molecule has 2 aromatic rings. The molecule has 0 aliphatic heterocycles. The summed E-state index contributed by atoms with van der Waals surface area (Å²) in [7, 11) is 0. The van der Waals surface area contributed by atoms with Crippen LogP contribution in [0.4, 0.5) is 18.9 Å². The first kappa shape index (κ1) is 19.7. The van der Waals surface area contributed by atoms with Crippen LogP contribution in [0.2, 0.25) is 0 Å². The van der Waals surface area contributed by atoms with E-state index in [-0.39, 0.29) is 24.0 Å². The number of rotatable bonds is 7. The molecule has 5 nitrogen and oxygen atoms in total. The van der Waals surface area contributed by atoms with Crippen molar-refractivity contribution in [2.45, 2.75) is 31.5 Å². The first-order valence-electron chi connectivity index (χ1n) is 8.69. The van der Waals surface area contributed by atoms with Gasteiger partial charge in [-0.3, -0.25) is 9.59 Å². The van der Waals surface area contributed by atoms with Gasteiger partial charge in [-0.1, -0.05) is 30.3 Å². The van der Waals surface area contributed by atoms with Gasteiger partial charge in [-0.15, -0.1) is 13.2 Å². The van der Waals surface area contributed by atoms with Crippen LogP contribution < -0.4 is 10.1 Å². The molecule has 1 amide bonds. The van der Waals surface area contributed by atoms with Gasteiger partial charge in [0, 0.05) is 18.0 Å². The molecule has 3 rings (SSSR count). The SMILES string of the molecule is O=C(O)CCc1cccc(NC(=O)C2CC2c2ccccc2OC(F)(F)F)c1. The molecular formula is C20H18F3NO4. The minimum atomic E-state index is -4.79. The lowest BCUT2D eigenvalue weighted by Crippen LogP contribution is -2.18. The van der Waals surface area contributed by atoms with E-state index in [0.29, 0.717) is 24.1 Å². The molecule has 0 radical (unpaired) electrons. The molecule has 28 heavy (non-hydrogen) atoms. The van der Waals surface area contributed by atoms with Gasteiger partial charge in [0.2, 0.25) is 5.91 Å². The Labute approximate surface area is 159 Å². The Balaban J connectivity index is 1.64. The third-order valence-corrected chi connectivity index (χ3v) is 4.49. The Hall–Kier alpha value is -3.03. The Morgan fingerprint density at radius 3 is 2.61 bits per heavy atom. The summed E-state index contributed by atoms with van der Waals surface area (Å²) >= 11 is 0. The Kier molecular flexibility index (Phi) is 5.58. The van der Waals surface area contributed by atoms with Gasteiger partial charge in [0.15, 0.2) is 0 Å². The van der Waals surface area contributed by atoms with Crippen LogP contribution >= 0.6 is 0 Å². The number of benzene rings is 2. The molecule has 1 aliphatic carbocycles. The quantitative estimate of drug-likeness (QED) is 0.734. The number of hydrogen-bond donors (Lipinski definition) is 2. The predicted octanol–water partition coefficient (Wildman–Crippen LogP) is 4.34. The maximum Gasteiger partial charge on any atom is 0.573 e. The maximum atomic E-state index is 12.6. The average Bonchev–Trinajstić information content (AvgIpc) is 3.40. The second kappa shape index (κ2) is 7.92. The zero-order valence-corrected chi connectivity index (χ0v) is 14.7. The Morgan fingerprint density at radius 2 is 1.89 bits per heavy atom. The largest absolute Gasteiger partial charge is 0.573 e. The highest BCUT2D eigenvalue weighted by Crippen LogP contribution is 2.51. The van der Waals surface area contributed by atoms with Gasteiger partial charge in [0.05, 0.1) is 0 Å². The lowest BCUT2D eigenvalue weighted by atomic mass is 10.1. The number of nitrogens with one attached hydrogen (secondary N) is 1. The lowest BCUT2D eigenvalue weighted by Gasteiger charge is -2.13. The molecule has 2 atom stereocenters. The van der Waals surface area contributed by atoms with Gasteiger partial charge in [0.1, 0.15) is 5.75 Å². The number of halogens is 3. The highest BCUT2D eigenvalue weighted by molar-refractivity contribution is 5.95. The lowest BCUT2D eigenvalue weighted by molar-refractivity contribution is -0.274. The van der Waals surface area contributed by atoms with Crippen LogP contribution in [0.15, 0.2) is 48.5 Å². The summed E-state index contributed by atoms with van der Waals surface area (Å²) in [6.45, 7) is 0. The van der Waals surface area contributed by atoms with Crippen molar-refractivity contribution in [1.29, 1.82) is 0 Å². The number of para-hydroxylation sites is 1. The predicted molar refractivity (Wildman–Crippen MR) is 95.0 cm³/mol. The number of anilines is 1. The molecule has 1 aliphatic rings. The first-order chi connectivity index (χ1) is 13.2. The normalized spacial score (nSPS) is 18.4. The van der Waals surface area contributed by atoms with Gasteiger partial charge >= 0.3 is 12.3 Å². The molecule has 0 saturated heterocycles. The molecule has 1 fully saturated rings. The number of carboxylic acids is 1. The fraction of sp³-hybridized carbons (Fsp3) is 0.300. The van der Waals surface area contributed by atoms with Crippen molar-refractivity contribution in [3.05, 3.63) is 59.7 Å². The molecule has 0 heterocycles. The minimum absolute atomic E-state index is 0.0158. The minimum Gasteiger partial charge on any atom is -0.481 e. The smallest absolute Gasteiger partial charge is 0.481 e. The van der Waals surface area contributed by atoms with Crippen molar-refractivity contribution in [3.63, 3.8) is 0 Å². The number of amides is 1. The van der Waals surface area contributed by atoms with E-state index in [4.69, 9.17) is 5.11 Å². The van der Waals surface area contributed by atoms with Crippen LogP contribution in [0.3, 0.4) is 0 Å². The summed E-state index contributed by atoms with van der Waals surface area (Å²) in [6, 6.07) is 12.7. The summed E-state index contributed by atoms with van der Waals surface area (Å²) in [5.74, 6) is -2.27. The third kappa shape index (κ3) is 5.25. The summed E-state index contributed by atoms with van der Waals surface area (Å²) in [5.41, 5.74) is 1.66. The first-order valence-corrected chi connectivity index (χ1v) is 8.69. The summed E-state index contributed by atoms with van der Waals surface area (Å²) in [4.78, 5) is 23.1. The van der Waals surface area contributed by atoms with Crippen molar-refractivity contribution in [2.24, 2.45) is 5.92 Å². The molecular weight excluding hydrogens is 375 g/mol. The van der Waals surface area contributed by atoms with E-state index in [9.17, 15) is 22.8 Å². The highest BCUT2D eigenvalue weighted by Gasteiger charge is 2.46. The van der Waals surface area contributed by atoms with Crippen molar-refractivity contribution in [3.8, 4) is 5.75 Å². The fourth-order valence-electron chi connectivity index (χ4n) is 3.12. The standard InChI is InChI=1S/C20H18F3NO4/c21-20(22,23)28-17-7-2-1-6-14(17)15-11-16(15)19(27)24-13-5-3-4-12(10-13)8-9-18(25)26/h1-7,10,15-16H,8-9,11H2,(H,24,27)(H,25,26). The van der Waals surface area contributed by atoms with E-state index in [1.165, 1.54) is 18.2 Å². The van der Waals surface area contributed by atoms with E-state index in [2.05, 4.69) is 10.1 Å². The van der Waals surface area contributed by atoms with E-state index in [1.54, 1.807) is 30.3 Å². The molecule has 0 spiro atoms. The topological polar surface area (TPSA) is 75.6 Å². The number of aliphatic carboxylic acids is 1. The number of alkyl halides is 3. The second-order valence-electron chi connectivity index (χ2n) is 6.62. The van der Waals surface area contributed by atoms with Crippen molar-refractivity contribution >= 4 is 17.6 Å².